The highest BCUT2D eigenvalue weighted by Crippen LogP contribution is 2.14. The van der Waals surface area contributed by atoms with Crippen LogP contribution in [0.5, 0.6) is 0 Å². The molecule has 14 heavy (non-hydrogen) atoms. The van der Waals surface area contributed by atoms with Crippen molar-refractivity contribution in [1.82, 2.24) is 0 Å². The number of carbonyl (C=O) groups is 1. The van der Waals surface area contributed by atoms with Crippen LogP contribution in [0.4, 0.5) is 4.39 Å². The Balaban J connectivity index is 3.14. The van der Waals surface area contributed by atoms with Crippen molar-refractivity contribution in [3.8, 4) is 6.07 Å². The number of Topliss-reactive ketones (excluding diaryl/α,β-unsaturated/α-hetero) is 1. The lowest BCUT2D eigenvalue weighted by molar-refractivity contribution is 0.0988. The summed E-state index contributed by atoms with van der Waals surface area (Å²) in [5.41, 5.74) is 0.104. The van der Waals surface area contributed by atoms with Crippen molar-refractivity contribution in [3.63, 3.8) is 0 Å². The Morgan fingerprint density at radius 2 is 2.29 bits per heavy atom. The zero-order valence-corrected chi connectivity index (χ0v) is 8.18. The minimum Gasteiger partial charge on any atom is -0.292 e. The van der Waals surface area contributed by atoms with Crippen molar-refractivity contribution in [3.05, 3.63) is 35.1 Å². The first-order valence-corrected chi connectivity index (χ1v) is 4.38. The number of hydrogen-bond acceptors (Lipinski definition) is 2. The number of alkyl halides is 1. The van der Waals surface area contributed by atoms with Crippen LogP contribution in [0.1, 0.15) is 22.8 Å². The number of nitriles is 1. The number of benzene rings is 1. The van der Waals surface area contributed by atoms with Gasteiger partial charge in [0, 0.05) is 0 Å². The monoisotopic (exact) mass is 211 g/mol. The van der Waals surface area contributed by atoms with Gasteiger partial charge in [-0.25, -0.2) is 4.39 Å². The second-order valence-corrected chi connectivity index (χ2v) is 3.44. The molecule has 1 unspecified atom stereocenters. The summed E-state index contributed by atoms with van der Waals surface area (Å²) in [5.74, 6) is -1.18. The molecule has 1 aromatic carbocycles. The first kappa shape index (κ1) is 10.7. The number of ketones is 1. The van der Waals surface area contributed by atoms with Crippen molar-refractivity contribution >= 4 is 17.4 Å². The van der Waals surface area contributed by atoms with Crippen LogP contribution in [0.25, 0.3) is 0 Å². The van der Waals surface area contributed by atoms with Crippen molar-refractivity contribution in [2.75, 3.05) is 0 Å². The summed E-state index contributed by atoms with van der Waals surface area (Å²) in [6, 6.07) is 5.46. The summed E-state index contributed by atoms with van der Waals surface area (Å²) in [5, 5.41) is 7.71. The van der Waals surface area contributed by atoms with Crippen molar-refractivity contribution < 1.29 is 9.18 Å². The molecule has 0 aliphatic carbocycles. The third kappa shape index (κ3) is 2.09. The molecule has 0 amide bonds. The second-order valence-electron chi connectivity index (χ2n) is 2.79. The molecule has 0 bridgehead atoms. The van der Waals surface area contributed by atoms with Gasteiger partial charge in [-0.2, -0.15) is 5.26 Å². The van der Waals surface area contributed by atoms with Crippen LogP contribution < -0.4 is 0 Å². The predicted octanol–water partition coefficient (Wildman–Crippen LogP) is 2.51. The Morgan fingerprint density at radius 3 is 2.71 bits per heavy atom. The van der Waals surface area contributed by atoms with Crippen molar-refractivity contribution in [2.45, 2.75) is 12.3 Å². The Morgan fingerprint density at radius 1 is 1.64 bits per heavy atom. The topological polar surface area (TPSA) is 40.9 Å². The van der Waals surface area contributed by atoms with E-state index in [2.05, 4.69) is 0 Å². The first-order valence-electron chi connectivity index (χ1n) is 3.94. The number of carbonyl (C=O) groups excluding carboxylic acids is 1. The lowest BCUT2D eigenvalue weighted by Crippen LogP contribution is -2.12. The minimum atomic E-state index is -0.766. The summed E-state index contributed by atoms with van der Waals surface area (Å²) in [6.07, 6.45) is 0. The fourth-order valence-electron chi connectivity index (χ4n) is 0.999. The van der Waals surface area contributed by atoms with E-state index in [1.165, 1.54) is 19.1 Å². The smallest absolute Gasteiger partial charge is 0.183 e. The molecule has 1 rings (SSSR count). The molecular weight excluding hydrogens is 205 g/mol. The maximum atomic E-state index is 13.2. The van der Waals surface area contributed by atoms with E-state index in [1.807, 2.05) is 0 Å². The molecule has 72 valence electrons. The van der Waals surface area contributed by atoms with E-state index in [-0.39, 0.29) is 11.1 Å². The highest BCUT2D eigenvalue weighted by atomic mass is 35.5. The van der Waals surface area contributed by atoms with E-state index in [1.54, 1.807) is 6.07 Å². The van der Waals surface area contributed by atoms with E-state index in [4.69, 9.17) is 16.9 Å². The molecular formula is C10H7ClFNO. The molecule has 1 aromatic rings. The average Bonchev–Trinajstić information content (AvgIpc) is 2.16. The van der Waals surface area contributed by atoms with Crippen LogP contribution in [0.15, 0.2) is 18.2 Å². The minimum absolute atomic E-state index is 0.0773. The molecule has 2 nitrogen and oxygen atoms in total. The Labute approximate surface area is 85.9 Å². The predicted molar refractivity (Wildman–Crippen MR) is 50.8 cm³/mol. The zero-order chi connectivity index (χ0) is 10.7. The maximum absolute atomic E-state index is 13.2. The summed E-state index contributed by atoms with van der Waals surface area (Å²) in [6.45, 7) is 1.47. The van der Waals surface area contributed by atoms with Crippen molar-refractivity contribution in [1.29, 1.82) is 5.26 Å². The first-order chi connectivity index (χ1) is 6.56. The number of hydrogen-bond donors (Lipinski definition) is 0. The van der Waals surface area contributed by atoms with E-state index < -0.39 is 17.0 Å². The lowest BCUT2D eigenvalue weighted by Gasteiger charge is -2.03. The van der Waals surface area contributed by atoms with E-state index in [9.17, 15) is 9.18 Å². The molecule has 0 aromatic heterocycles. The summed E-state index contributed by atoms with van der Waals surface area (Å²) in [7, 11) is 0. The molecule has 0 N–H and O–H groups in total. The van der Waals surface area contributed by atoms with Crippen LogP contribution in [-0.4, -0.2) is 11.2 Å². The van der Waals surface area contributed by atoms with Gasteiger partial charge in [-0.15, -0.1) is 11.6 Å². The third-order valence-corrected chi connectivity index (χ3v) is 1.92. The zero-order valence-electron chi connectivity index (χ0n) is 7.42. The lowest BCUT2D eigenvalue weighted by atomic mass is 10.1. The van der Waals surface area contributed by atoms with Crippen LogP contribution in [0, 0.1) is 17.1 Å². The quantitative estimate of drug-likeness (QED) is 0.557. The van der Waals surface area contributed by atoms with Gasteiger partial charge in [0.1, 0.15) is 5.82 Å². The molecule has 0 saturated heterocycles. The molecule has 0 aliphatic heterocycles. The molecule has 1 atom stereocenters. The molecule has 0 fully saturated rings. The van der Waals surface area contributed by atoms with Gasteiger partial charge in [0.05, 0.1) is 22.6 Å². The van der Waals surface area contributed by atoms with Crippen LogP contribution >= 0.6 is 11.6 Å². The highest BCUT2D eigenvalue weighted by molar-refractivity contribution is 6.33. The molecule has 0 saturated carbocycles. The fraction of sp³-hybridized carbons (Fsp3) is 0.200. The normalized spacial score (nSPS) is 11.9. The molecule has 0 spiro atoms. The molecule has 0 aliphatic rings. The van der Waals surface area contributed by atoms with Gasteiger partial charge < -0.3 is 0 Å². The Kier molecular flexibility index (Phi) is 3.21. The van der Waals surface area contributed by atoms with Crippen LogP contribution in [0.3, 0.4) is 0 Å². The van der Waals surface area contributed by atoms with E-state index >= 15 is 0 Å². The van der Waals surface area contributed by atoms with Gasteiger partial charge in [0.2, 0.25) is 0 Å². The largest absolute Gasteiger partial charge is 0.292 e. The standard InChI is InChI=1S/C10H7ClFNO/c1-6(11)10(14)8-3-2-7(5-13)4-9(8)12/h2-4,6H,1H3. The van der Waals surface area contributed by atoms with Gasteiger partial charge >= 0.3 is 0 Å². The van der Waals surface area contributed by atoms with Gasteiger partial charge in [0.25, 0.3) is 0 Å². The van der Waals surface area contributed by atoms with Gasteiger partial charge in [0.15, 0.2) is 5.78 Å². The summed E-state index contributed by atoms with van der Waals surface area (Å²) >= 11 is 5.53. The number of nitrogens with zero attached hydrogens (tertiary/aromatic N) is 1. The second kappa shape index (κ2) is 4.21. The van der Waals surface area contributed by atoms with Crippen LogP contribution in [-0.2, 0) is 0 Å². The van der Waals surface area contributed by atoms with E-state index in [0.29, 0.717) is 0 Å². The average molecular weight is 212 g/mol. The highest BCUT2D eigenvalue weighted by Gasteiger charge is 2.16. The SMILES string of the molecule is CC(Cl)C(=O)c1ccc(C#N)cc1F. The Hall–Kier alpha value is -1.40. The van der Waals surface area contributed by atoms with E-state index in [0.717, 1.165) is 6.07 Å². The maximum Gasteiger partial charge on any atom is 0.183 e. The van der Waals surface area contributed by atoms with Gasteiger partial charge in [-0.1, -0.05) is 0 Å². The van der Waals surface area contributed by atoms with Crippen molar-refractivity contribution in [2.24, 2.45) is 0 Å². The number of halogens is 2. The van der Waals surface area contributed by atoms with Gasteiger partial charge in [-0.05, 0) is 25.1 Å². The summed E-state index contributed by atoms with van der Waals surface area (Å²) < 4.78 is 13.2. The summed E-state index contributed by atoms with van der Waals surface area (Å²) in [4.78, 5) is 11.3. The van der Waals surface area contributed by atoms with Crippen LogP contribution in [0.2, 0.25) is 0 Å². The molecule has 0 heterocycles. The molecule has 4 heteroatoms. The fourth-order valence-corrected chi connectivity index (χ4v) is 1.12. The third-order valence-electron chi connectivity index (χ3n) is 1.72. The van der Waals surface area contributed by atoms with Gasteiger partial charge in [-0.3, -0.25) is 4.79 Å². The molecule has 0 radical (unpaired) electrons. The number of rotatable bonds is 2. The Bertz CT molecular complexity index is 409.